The van der Waals surface area contributed by atoms with Gasteiger partial charge in [-0.05, 0) is 30.5 Å². The van der Waals surface area contributed by atoms with Crippen LogP contribution in [0.25, 0.3) is 0 Å². The minimum atomic E-state index is 0. The van der Waals surface area contributed by atoms with Crippen LogP contribution in [-0.4, -0.2) is 25.1 Å². The molecule has 0 saturated carbocycles. The van der Waals surface area contributed by atoms with Gasteiger partial charge in [-0.2, -0.15) is 0 Å². The van der Waals surface area contributed by atoms with E-state index in [1.54, 1.807) is 0 Å². The predicted octanol–water partition coefficient (Wildman–Crippen LogP) is 4.77. The van der Waals surface area contributed by atoms with Crippen LogP contribution in [0.1, 0.15) is 12.0 Å². The van der Waals surface area contributed by atoms with Crippen molar-refractivity contribution in [1.29, 1.82) is 0 Å². The number of aromatic nitrogens is 2. The van der Waals surface area contributed by atoms with Crippen molar-refractivity contribution in [2.24, 2.45) is 0 Å². The summed E-state index contributed by atoms with van der Waals surface area (Å²) in [6.07, 6.45) is 8.12. The van der Waals surface area contributed by atoms with Gasteiger partial charge in [-0.25, -0.2) is 4.98 Å². The number of hydrogen-bond acceptors (Lipinski definition) is 3. The number of imidazole rings is 1. The predicted molar refractivity (Wildman–Crippen MR) is 96.9 cm³/mol. The van der Waals surface area contributed by atoms with Crippen molar-refractivity contribution in [3.63, 3.8) is 0 Å². The highest BCUT2D eigenvalue weighted by molar-refractivity contribution is 8.21. The van der Waals surface area contributed by atoms with Gasteiger partial charge in [0.25, 0.3) is 0 Å². The molecule has 0 radical (unpaired) electrons. The number of benzene rings is 1. The molecule has 1 aromatic heterocycles. The zero-order valence-electron chi connectivity index (χ0n) is 11.6. The van der Waals surface area contributed by atoms with Crippen LogP contribution in [0, 0.1) is 0 Å². The summed E-state index contributed by atoms with van der Waals surface area (Å²) in [5.74, 6) is 2.50. The van der Waals surface area contributed by atoms with Crippen LogP contribution < -0.4 is 0 Å². The standard InChI is InChI=1S/C15H17ClN2S2.ClH/c16-14-3-1-13(2-4-14)5-6-15(19-9-10-20-15)11-18-8-7-17-12-18;/h1-4,7-8,12H,5-6,9-11H2;1H. The van der Waals surface area contributed by atoms with Gasteiger partial charge >= 0.3 is 0 Å². The molecular weight excluding hydrogens is 343 g/mol. The van der Waals surface area contributed by atoms with Crippen molar-refractivity contribution in [2.45, 2.75) is 23.5 Å². The summed E-state index contributed by atoms with van der Waals surface area (Å²) in [4.78, 5) is 4.15. The second-order valence-electron chi connectivity index (χ2n) is 4.97. The summed E-state index contributed by atoms with van der Waals surface area (Å²) >= 11 is 10.1. The number of rotatable bonds is 5. The van der Waals surface area contributed by atoms with Crippen molar-refractivity contribution in [3.8, 4) is 0 Å². The third kappa shape index (κ3) is 4.59. The number of halogens is 2. The number of nitrogens with zero attached hydrogens (tertiary/aromatic N) is 2. The molecule has 1 aliphatic heterocycles. The van der Waals surface area contributed by atoms with Gasteiger partial charge in [-0.1, -0.05) is 23.7 Å². The Labute approximate surface area is 145 Å². The molecule has 0 bridgehead atoms. The molecule has 2 nitrogen and oxygen atoms in total. The third-order valence-electron chi connectivity index (χ3n) is 3.50. The van der Waals surface area contributed by atoms with Gasteiger partial charge in [0.1, 0.15) is 0 Å². The van der Waals surface area contributed by atoms with E-state index < -0.39 is 0 Å². The number of thioether (sulfide) groups is 2. The minimum Gasteiger partial charge on any atom is -0.335 e. The van der Waals surface area contributed by atoms with Crippen molar-refractivity contribution in [3.05, 3.63) is 53.6 Å². The van der Waals surface area contributed by atoms with E-state index in [0.29, 0.717) is 4.08 Å². The van der Waals surface area contributed by atoms with Gasteiger partial charge in [-0.15, -0.1) is 35.9 Å². The second kappa shape index (κ2) is 7.82. The van der Waals surface area contributed by atoms with Crippen LogP contribution in [-0.2, 0) is 13.0 Å². The van der Waals surface area contributed by atoms with Gasteiger partial charge in [0.15, 0.2) is 0 Å². The van der Waals surface area contributed by atoms with Crippen LogP contribution in [0.15, 0.2) is 43.0 Å². The Hall–Kier alpha value is -0.290. The first-order chi connectivity index (χ1) is 9.76. The molecule has 6 heteroatoms. The molecule has 3 rings (SSSR count). The Morgan fingerprint density at radius 3 is 2.52 bits per heavy atom. The first-order valence-electron chi connectivity index (χ1n) is 6.74. The fraction of sp³-hybridized carbons (Fsp3) is 0.400. The van der Waals surface area contributed by atoms with Crippen molar-refractivity contribution >= 4 is 47.5 Å². The Morgan fingerprint density at radius 1 is 1.19 bits per heavy atom. The highest BCUT2D eigenvalue weighted by Crippen LogP contribution is 2.48. The van der Waals surface area contributed by atoms with Crippen LogP contribution in [0.4, 0.5) is 0 Å². The molecule has 1 fully saturated rings. The summed E-state index contributed by atoms with van der Waals surface area (Å²) in [6.45, 7) is 1.04. The van der Waals surface area contributed by atoms with Crippen LogP contribution in [0.2, 0.25) is 5.02 Å². The smallest absolute Gasteiger partial charge is 0.0946 e. The lowest BCUT2D eigenvalue weighted by Crippen LogP contribution is -2.25. The molecule has 1 aliphatic rings. The summed E-state index contributed by atoms with van der Waals surface area (Å²) < 4.78 is 2.49. The molecule has 2 aromatic rings. The molecule has 0 unspecified atom stereocenters. The maximum Gasteiger partial charge on any atom is 0.0946 e. The molecule has 0 N–H and O–H groups in total. The van der Waals surface area contributed by atoms with Crippen LogP contribution in [0.5, 0.6) is 0 Å². The SMILES string of the molecule is Cl.Clc1ccc(CCC2(Cn3ccnc3)SCCS2)cc1. The molecule has 0 atom stereocenters. The first-order valence-corrected chi connectivity index (χ1v) is 9.09. The van der Waals surface area contributed by atoms with Crippen LogP contribution in [0.3, 0.4) is 0 Å². The zero-order chi connectivity index (χ0) is 13.8. The summed E-state index contributed by atoms with van der Waals surface area (Å²) in [5, 5.41) is 0.812. The average molecular weight is 361 g/mol. The first kappa shape index (κ1) is 17.1. The molecule has 0 amide bonds. The van der Waals surface area contributed by atoms with E-state index in [1.165, 1.54) is 23.5 Å². The lowest BCUT2D eigenvalue weighted by Gasteiger charge is -2.27. The van der Waals surface area contributed by atoms with Crippen molar-refractivity contribution in [1.82, 2.24) is 9.55 Å². The molecule has 1 saturated heterocycles. The second-order valence-corrected chi connectivity index (χ2v) is 8.62. The molecule has 1 aromatic carbocycles. The van der Waals surface area contributed by atoms with Gasteiger partial charge in [-0.3, -0.25) is 0 Å². The molecule has 0 spiro atoms. The summed E-state index contributed by atoms with van der Waals surface area (Å²) in [5.41, 5.74) is 1.37. The highest BCUT2D eigenvalue weighted by Gasteiger charge is 2.35. The highest BCUT2D eigenvalue weighted by atomic mass is 35.5. The monoisotopic (exact) mass is 360 g/mol. The van der Waals surface area contributed by atoms with E-state index in [4.69, 9.17) is 11.6 Å². The Bertz CT molecular complexity index is 537. The lowest BCUT2D eigenvalue weighted by molar-refractivity contribution is 0.592. The quantitative estimate of drug-likeness (QED) is 0.764. The fourth-order valence-corrected chi connectivity index (χ4v) is 5.80. The maximum atomic E-state index is 5.94. The van der Waals surface area contributed by atoms with Crippen molar-refractivity contribution < 1.29 is 0 Å². The Balaban J connectivity index is 0.00000161. The molecule has 114 valence electrons. The third-order valence-corrected chi connectivity index (χ3v) is 7.26. The largest absolute Gasteiger partial charge is 0.335 e. The summed E-state index contributed by atoms with van der Waals surface area (Å²) in [7, 11) is 0. The Morgan fingerprint density at radius 2 is 1.90 bits per heavy atom. The van der Waals surface area contributed by atoms with E-state index in [1.807, 2.05) is 24.7 Å². The zero-order valence-corrected chi connectivity index (χ0v) is 14.8. The molecule has 0 aliphatic carbocycles. The number of aryl methyl sites for hydroxylation is 1. The minimum absolute atomic E-state index is 0. The van der Waals surface area contributed by atoms with E-state index >= 15 is 0 Å². The van der Waals surface area contributed by atoms with Gasteiger partial charge in [0.2, 0.25) is 0 Å². The number of hydrogen-bond donors (Lipinski definition) is 0. The Kier molecular flexibility index (Phi) is 6.35. The summed E-state index contributed by atoms with van der Waals surface area (Å²) in [6, 6.07) is 8.23. The average Bonchev–Trinajstić information content (AvgIpc) is 3.11. The van der Waals surface area contributed by atoms with E-state index in [2.05, 4.69) is 51.4 Å². The van der Waals surface area contributed by atoms with E-state index in [0.717, 1.165) is 18.0 Å². The van der Waals surface area contributed by atoms with Crippen molar-refractivity contribution in [2.75, 3.05) is 11.5 Å². The molecule has 21 heavy (non-hydrogen) atoms. The molecule has 2 heterocycles. The molecular formula is C15H18Cl2N2S2. The maximum absolute atomic E-state index is 5.94. The van der Waals surface area contributed by atoms with Gasteiger partial charge < -0.3 is 4.57 Å². The fourth-order valence-electron chi connectivity index (χ4n) is 2.46. The van der Waals surface area contributed by atoms with Gasteiger partial charge in [0, 0.05) is 35.5 Å². The normalized spacial score (nSPS) is 16.6. The lowest BCUT2D eigenvalue weighted by atomic mass is 10.1. The van der Waals surface area contributed by atoms with Gasteiger partial charge in [0.05, 0.1) is 10.4 Å². The van der Waals surface area contributed by atoms with Crippen LogP contribution >= 0.6 is 47.5 Å². The van der Waals surface area contributed by atoms with E-state index in [9.17, 15) is 0 Å². The van der Waals surface area contributed by atoms with E-state index in [-0.39, 0.29) is 12.4 Å². The topological polar surface area (TPSA) is 17.8 Å².